The molecular weight excluding hydrogens is 60.1 g/mol. The van der Waals surface area contributed by atoms with Crippen molar-refractivity contribution in [3.8, 4) is 0 Å². The molecule has 5 heavy (non-hydrogen) atoms. The van der Waals surface area contributed by atoms with E-state index in [1.54, 1.807) is 12.2 Å². The van der Waals surface area contributed by atoms with Gasteiger partial charge >= 0.3 is 0 Å². The molecule has 0 aromatic carbocycles. The topological polar surface area (TPSA) is 0 Å². The second kappa shape index (κ2) is 9.77. The van der Waals surface area contributed by atoms with E-state index in [0.717, 1.165) is 0 Å². The molecule has 0 rings (SSSR count). The summed E-state index contributed by atoms with van der Waals surface area (Å²) in [6, 6.07) is 0. The molecule has 0 spiro atoms. The first-order chi connectivity index (χ1) is 1.91. The first-order valence-electron chi connectivity index (χ1n) is 1.15. The van der Waals surface area contributed by atoms with Gasteiger partial charge in [-0.15, -0.1) is 0 Å². The van der Waals surface area contributed by atoms with E-state index in [0.29, 0.717) is 0 Å². The van der Waals surface area contributed by atoms with Crippen LogP contribution in [0.1, 0.15) is 7.43 Å². The average molecular weight is 70.1 g/mol. The van der Waals surface area contributed by atoms with Crippen LogP contribution in [0.5, 0.6) is 0 Å². The third kappa shape index (κ3) is 33.1. The highest BCUT2D eigenvalue weighted by Crippen LogP contribution is 1.52. The van der Waals surface area contributed by atoms with Gasteiger partial charge in [-0.25, -0.2) is 0 Å². The van der Waals surface area contributed by atoms with Gasteiger partial charge in [-0.3, -0.25) is 0 Å². The van der Waals surface area contributed by atoms with Crippen LogP contribution in [0.2, 0.25) is 0 Å². The number of rotatable bonds is 1. The van der Waals surface area contributed by atoms with Gasteiger partial charge in [0.05, 0.1) is 0 Å². The Bertz CT molecular complexity index is 21.0. The Morgan fingerprint density at radius 1 is 1.00 bits per heavy atom. The van der Waals surface area contributed by atoms with Gasteiger partial charge in [0.2, 0.25) is 0 Å². The maximum absolute atomic E-state index is 3.36. The maximum atomic E-state index is 3.36. The van der Waals surface area contributed by atoms with Gasteiger partial charge in [0.15, 0.2) is 0 Å². The van der Waals surface area contributed by atoms with E-state index < -0.39 is 0 Å². The molecule has 0 atom stereocenters. The molecule has 0 aromatic rings. The quantitative estimate of drug-likeness (QED) is 0.414. The monoisotopic (exact) mass is 70.1 g/mol. The van der Waals surface area contributed by atoms with E-state index in [9.17, 15) is 0 Å². The third-order valence-corrected chi connectivity index (χ3v) is 0.167. The van der Waals surface area contributed by atoms with E-state index in [-0.39, 0.29) is 7.43 Å². The van der Waals surface area contributed by atoms with Crippen molar-refractivity contribution in [3.63, 3.8) is 0 Å². The van der Waals surface area contributed by atoms with Crippen molar-refractivity contribution in [1.29, 1.82) is 0 Å². The van der Waals surface area contributed by atoms with Gasteiger partial charge in [-0.05, 0) is 0 Å². The van der Waals surface area contributed by atoms with Crippen LogP contribution >= 0.6 is 0 Å². The lowest BCUT2D eigenvalue weighted by molar-refractivity contribution is 2.15. The summed E-state index contributed by atoms with van der Waals surface area (Å²) in [5, 5.41) is 0. The highest BCUT2D eigenvalue weighted by atomic mass is 13.4. The minimum Gasteiger partial charge on any atom is -0.0991 e. The van der Waals surface area contributed by atoms with Gasteiger partial charge in [0, 0.05) is 0 Å². The number of hydrogen-bond acceptors (Lipinski definition) is 0. The summed E-state index contributed by atoms with van der Waals surface area (Å²) < 4.78 is 0. The summed E-state index contributed by atoms with van der Waals surface area (Å²) in [5.74, 6) is 0. The molecule has 30 valence electrons. The molecule has 0 saturated carbocycles. The molecule has 0 heteroatoms. The maximum Gasteiger partial charge on any atom is -0.0701 e. The summed E-state index contributed by atoms with van der Waals surface area (Å²) in [6.07, 6.45) is 3.28. The van der Waals surface area contributed by atoms with Crippen molar-refractivity contribution in [3.05, 3.63) is 25.3 Å². The predicted octanol–water partition coefficient (Wildman–Crippen LogP) is 1.99. The standard InChI is InChI=1S/C4H6.CH4/c1-3-4-2;/h3-4H,1-2H2;1H4. The summed E-state index contributed by atoms with van der Waals surface area (Å²) >= 11 is 0. The van der Waals surface area contributed by atoms with E-state index >= 15 is 0 Å². The van der Waals surface area contributed by atoms with Gasteiger partial charge in [-0.2, -0.15) is 0 Å². The van der Waals surface area contributed by atoms with Crippen molar-refractivity contribution in [2.24, 2.45) is 0 Å². The Balaban J connectivity index is 0. The molecule has 0 aliphatic carbocycles. The molecule has 0 nitrogen and oxygen atoms in total. The van der Waals surface area contributed by atoms with Gasteiger partial charge in [0.1, 0.15) is 0 Å². The molecule has 0 N–H and O–H groups in total. The van der Waals surface area contributed by atoms with Crippen molar-refractivity contribution < 1.29 is 0 Å². The minimum atomic E-state index is 0. The van der Waals surface area contributed by atoms with Gasteiger partial charge < -0.3 is 0 Å². The highest BCUT2D eigenvalue weighted by Gasteiger charge is 1.29. The lowest BCUT2D eigenvalue weighted by atomic mass is 10.6. The largest absolute Gasteiger partial charge is 0.0991 e. The zero-order valence-corrected chi connectivity index (χ0v) is 2.57. The van der Waals surface area contributed by atoms with Crippen LogP contribution in [0, 0.1) is 0 Å². The SMILES string of the molecule is C.C=CC=C. The fraction of sp³-hybridized carbons (Fsp3) is 0.200. The Morgan fingerprint density at radius 2 is 1.20 bits per heavy atom. The van der Waals surface area contributed by atoms with Crippen LogP contribution in [0.4, 0.5) is 0 Å². The Labute approximate surface area is 33.8 Å². The molecule has 0 saturated heterocycles. The molecule has 0 amide bonds. The summed E-state index contributed by atoms with van der Waals surface area (Å²) in [4.78, 5) is 0. The fourth-order valence-electron chi connectivity index (χ4n) is 0. The summed E-state index contributed by atoms with van der Waals surface area (Å²) in [7, 11) is 0. The molecule has 0 heterocycles. The highest BCUT2D eigenvalue weighted by molar-refractivity contribution is 4.88. The van der Waals surface area contributed by atoms with E-state index in [1.165, 1.54) is 0 Å². The van der Waals surface area contributed by atoms with Crippen molar-refractivity contribution in [2.45, 2.75) is 7.43 Å². The Kier molecular flexibility index (Phi) is 17.2. The van der Waals surface area contributed by atoms with Gasteiger partial charge in [0.25, 0.3) is 0 Å². The van der Waals surface area contributed by atoms with Crippen LogP contribution < -0.4 is 0 Å². The fourth-order valence-corrected chi connectivity index (χ4v) is 0. The van der Waals surface area contributed by atoms with Crippen LogP contribution in [0.25, 0.3) is 0 Å². The van der Waals surface area contributed by atoms with Crippen LogP contribution in [-0.4, -0.2) is 0 Å². The molecule has 0 aromatic heterocycles. The Hall–Kier alpha value is -0.520. The van der Waals surface area contributed by atoms with Crippen molar-refractivity contribution in [1.82, 2.24) is 0 Å². The van der Waals surface area contributed by atoms with Gasteiger partial charge in [-0.1, -0.05) is 32.7 Å². The van der Waals surface area contributed by atoms with E-state index in [2.05, 4.69) is 13.2 Å². The molecule has 0 unspecified atom stereocenters. The molecule has 0 fully saturated rings. The molecular formula is C5H10. The van der Waals surface area contributed by atoms with Crippen molar-refractivity contribution >= 4 is 0 Å². The van der Waals surface area contributed by atoms with E-state index in [1.807, 2.05) is 0 Å². The van der Waals surface area contributed by atoms with Crippen LogP contribution in [-0.2, 0) is 0 Å². The molecule has 0 aliphatic heterocycles. The van der Waals surface area contributed by atoms with Crippen LogP contribution in [0.3, 0.4) is 0 Å². The molecule has 0 radical (unpaired) electrons. The Morgan fingerprint density at radius 3 is 1.20 bits per heavy atom. The normalized spacial score (nSPS) is 4.00. The third-order valence-electron chi connectivity index (χ3n) is 0.167. The number of hydrogen-bond donors (Lipinski definition) is 0. The smallest absolute Gasteiger partial charge is 0.0701 e. The van der Waals surface area contributed by atoms with Crippen molar-refractivity contribution in [2.75, 3.05) is 0 Å². The number of allylic oxidation sites excluding steroid dienone is 2. The second-order valence-electron chi connectivity index (χ2n) is 0.471. The summed E-state index contributed by atoms with van der Waals surface area (Å²) in [5.41, 5.74) is 0. The van der Waals surface area contributed by atoms with E-state index in [4.69, 9.17) is 0 Å². The zero-order valence-electron chi connectivity index (χ0n) is 2.57. The predicted molar refractivity (Wildman–Crippen MR) is 27.1 cm³/mol. The summed E-state index contributed by atoms with van der Waals surface area (Å²) in [6.45, 7) is 6.72. The zero-order chi connectivity index (χ0) is 3.41. The first-order valence-corrected chi connectivity index (χ1v) is 1.15. The average Bonchev–Trinajstić information content (AvgIpc) is 1.37. The second-order valence-corrected chi connectivity index (χ2v) is 0.471. The lowest BCUT2D eigenvalue weighted by Crippen LogP contribution is -1.21. The lowest BCUT2D eigenvalue weighted by Gasteiger charge is -1.44. The molecule has 0 bridgehead atoms. The van der Waals surface area contributed by atoms with Crippen LogP contribution in [0.15, 0.2) is 25.3 Å². The molecule has 0 aliphatic rings. The first kappa shape index (κ1) is 8.82. The minimum absolute atomic E-state index is 0.